The summed E-state index contributed by atoms with van der Waals surface area (Å²) < 4.78 is 42.2. The summed E-state index contributed by atoms with van der Waals surface area (Å²) in [5.74, 6) is 0.564. The average Bonchev–Trinajstić information content (AvgIpc) is 3.20. The van der Waals surface area contributed by atoms with E-state index in [9.17, 15) is 18.0 Å². The molecule has 8 nitrogen and oxygen atoms in total. The lowest BCUT2D eigenvalue weighted by atomic mass is 10.1. The van der Waals surface area contributed by atoms with Crippen LogP contribution in [0.25, 0.3) is 5.65 Å². The zero-order chi connectivity index (χ0) is 23.7. The molecule has 3 aromatic heterocycles. The maximum Gasteiger partial charge on any atom is 0.420 e. The SMILES string of the molecule is Cc1cn2cc(NC(=O)N3CCc4c(N5CCNC6(CC6)C5)ccnc43)cc(C(F)(F)F)c2n1. The van der Waals surface area contributed by atoms with Crippen LogP contribution in [0.1, 0.15) is 29.7 Å². The lowest BCUT2D eigenvalue weighted by Crippen LogP contribution is -2.52. The largest absolute Gasteiger partial charge is 0.420 e. The number of imidazole rings is 1. The summed E-state index contributed by atoms with van der Waals surface area (Å²) in [5.41, 5.74) is 1.72. The van der Waals surface area contributed by atoms with Crippen LogP contribution in [-0.2, 0) is 12.6 Å². The molecular formula is C23H24F3N7O. The van der Waals surface area contributed by atoms with Crippen LogP contribution in [0.5, 0.6) is 0 Å². The fourth-order valence-corrected chi connectivity index (χ4v) is 5.10. The number of pyridine rings is 2. The van der Waals surface area contributed by atoms with Crippen molar-refractivity contribution in [1.29, 1.82) is 0 Å². The number of alkyl halides is 3. The molecule has 3 aliphatic rings. The molecule has 1 spiro atoms. The Morgan fingerprint density at radius 1 is 1.24 bits per heavy atom. The number of amides is 2. The summed E-state index contributed by atoms with van der Waals surface area (Å²) in [5, 5.41) is 6.24. The Balaban J connectivity index is 1.28. The van der Waals surface area contributed by atoms with Crippen molar-refractivity contribution in [3.63, 3.8) is 0 Å². The molecule has 2 fully saturated rings. The molecule has 1 aliphatic carbocycles. The van der Waals surface area contributed by atoms with Crippen molar-refractivity contribution in [2.24, 2.45) is 0 Å². The fourth-order valence-electron chi connectivity index (χ4n) is 5.10. The third-order valence-corrected chi connectivity index (χ3v) is 6.89. The van der Waals surface area contributed by atoms with Crippen molar-refractivity contribution in [2.75, 3.05) is 41.3 Å². The highest BCUT2D eigenvalue weighted by molar-refractivity contribution is 6.03. The number of aryl methyl sites for hydroxylation is 1. The number of hydrogen-bond donors (Lipinski definition) is 2. The molecule has 1 saturated heterocycles. The van der Waals surface area contributed by atoms with Gasteiger partial charge in [0.25, 0.3) is 0 Å². The van der Waals surface area contributed by atoms with Gasteiger partial charge >= 0.3 is 12.2 Å². The van der Waals surface area contributed by atoms with E-state index in [2.05, 4.69) is 25.5 Å². The average molecular weight is 471 g/mol. The molecule has 0 aromatic carbocycles. The molecule has 11 heteroatoms. The van der Waals surface area contributed by atoms with Gasteiger partial charge in [-0.25, -0.2) is 14.8 Å². The number of anilines is 3. The van der Waals surface area contributed by atoms with Crippen LogP contribution in [0.4, 0.5) is 35.2 Å². The molecular weight excluding hydrogens is 447 g/mol. The number of hydrogen-bond acceptors (Lipinski definition) is 5. The summed E-state index contributed by atoms with van der Waals surface area (Å²) in [4.78, 5) is 25.4. The monoisotopic (exact) mass is 471 g/mol. The second-order valence-electron chi connectivity index (χ2n) is 9.35. The minimum absolute atomic E-state index is 0.0459. The van der Waals surface area contributed by atoms with Crippen molar-refractivity contribution in [3.8, 4) is 0 Å². The molecule has 0 atom stereocenters. The van der Waals surface area contributed by atoms with E-state index in [4.69, 9.17) is 0 Å². The number of fused-ring (bicyclic) bond motifs is 2. The number of carbonyl (C=O) groups excluding carboxylic acids is 1. The molecule has 0 bridgehead atoms. The molecule has 2 N–H and O–H groups in total. The van der Waals surface area contributed by atoms with E-state index >= 15 is 0 Å². The lowest BCUT2D eigenvalue weighted by molar-refractivity contribution is -0.136. The highest BCUT2D eigenvalue weighted by Crippen LogP contribution is 2.41. The minimum atomic E-state index is -4.60. The van der Waals surface area contributed by atoms with E-state index in [0.717, 1.165) is 37.0 Å². The van der Waals surface area contributed by atoms with E-state index < -0.39 is 17.8 Å². The molecule has 5 heterocycles. The summed E-state index contributed by atoms with van der Waals surface area (Å²) in [6.07, 6.45) is 3.04. The predicted molar refractivity (Wildman–Crippen MR) is 121 cm³/mol. The smallest absolute Gasteiger partial charge is 0.368 e. The Hall–Kier alpha value is -3.34. The number of piperazine rings is 1. The van der Waals surface area contributed by atoms with E-state index in [1.807, 2.05) is 6.07 Å². The Kier molecular flexibility index (Phi) is 4.57. The first-order chi connectivity index (χ1) is 16.2. The van der Waals surface area contributed by atoms with Crippen LogP contribution in [0.15, 0.2) is 30.7 Å². The third kappa shape index (κ3) is 3.54. The Morgan fingerprint density at radius 2 is 2.06 bits per heavy atom. The first kappa shape index (κ1) is 21.2. The van der Waals surface area contributed by atoms with Gasteiger partial charge in [0.15, 0.2) is 0 Å². The van der Waals surface area contributed by atoms with Crippen LogP contribution in [-0.4, -0.2) is 52.1 Å². The zero-order valence-electron chi connectivity index (χ0n) is 18.6. The van der Waals surface area contributed by atoms with Gasteiger partial charge in [-0.15, -0.1) is 0 Å². The molecule has 34 heavy (non-hydrogen) atoms. The van der Waals surface area contributed by atoms with Gasteiger partial charge in [-0.1, -0.05) is 0 Å². The Bertz CT molecular complexity index is 1300. The third-order valence-electron chi connectivity index (χ3n) is 6.89. The van der Waals surface area contributed by atoms with Crippen molar-refractivity contribution in [2.45, 2.75) is 37.9 Å². The molecule has 0 radical (unpaired) electrons. The normalized spacial score (nSPS) is 19.1. The van der Waals surface area contributed by atoms with Gasteiger partial charge in [-0.2, -0.15) is 13.2 Å². The summed E-state index contributed by atoms with van der Waals surface area (Å²) in [6, 6.07) is 2.41. The standard InChI is InChI=1S/C23H24F3N7O/c1-14-11-32-12-15(10-17(20(32)29-14)23(24,25)26)30-21(34)33-8-3-16-18(2-6-27-19(16)33)31-9-7-28-22(13-31)4-5-22/h2,6,10-12,28H,3-5,7-9,13H2,1H3,(H,30,34). The van der Waals surface area contributed by atoms with Gasteiger partial charge in [0.1, 0.15) is 17.0 Å². The van der Waals surface area contributed by atoms with E-state index in [-0.39, 0.29) is 16.9 Å². The lowest BCUT2D eigenvalue weighted by Gasteiger charge is -2.36. The van der Waals surface area contributed by atoms with Gasteiger partial charge in [0.2, 0.25) is 0 Å². The molecule has 0 unspecified atom stereocenters. The van der Waals surface area contributed by atoms with E-state index in [0.29, 0.717) is 24.5 Å². The van der Waals surface area contributed by atoms with E-state index in [1.54, 1.807) is 13.1 Å². The number of carbonyl (C=O) groups is 1. The van der Waals surface area contributed by atoms with Crippen LogP contribution < -0.4 is 20.4 Å². The maximum absolute atomic E-state index is 13.6. The minimum Gasteiger partial charge on any atom is -0.368 e. The summed E-state index contributed by atoms with van der Waals surface area (Å²) in [7, 11) is 0. The molecule has 2 amide bonds. The van der Waals surface area contributed by atoms with Crippen LogP contribution in [0.3, 0.4) is 0 Å². The first-order valence-electron chi connectivity index (χ1n) is 11.4. The second kappa shape index (κ2) is 7.33. The number of rotatable bonds is 2. The van der Waals surface area contributed by atoms with Crippen molar-refractivity contribution in [3.05, 3.63) is 47.5 Å². The van der Waals surface area contributed by atoms with Gasteiger partial charge < -0.3 is 19.9 Å². The second-order valence-corrected chi connectivity index (χ2v) is 9.35. The number of aromatic nitrogens is 3. The van der Waals surface area contributed by atoms with Gasteiger partial charge in [0, 0.05) is 61.6 Å². The molecule has 6 rings (SSSR count). The van der Waals surface area contributed by atoms with Crippen LogP contribution >= 0.6 is 0 Å². The Morgan fingerprint density at radius 3 is 2.82 bits per heavy atom. The molecule has 178 valence electrons. The predicted octanol–water partition coefficient (Wildman–Crippen LogP) is 3.59. The first-order valence-corrected chi connectivity index (χ1v) is 11.4. The summed E-state index contributed by atoms with van der Waals surface area (Å²) >= 11 is 0. The highest BCUT2D eigenvalue weighted by Gasteiger charge is 2.46. The number of nitrogens with zero attached hydrogens (tertiary/aromatic N) is 5. The molecule has 1 saturated carbocycles. The number of halogens is 3. The number of urea groups is 1. The fraction of sp³-hybridized carbons (Fsp3) is 0.435. The topological polar surface area (TPSA) is 77.8 Å². The van der Waals surface area contributed by atoms with Crippen LogP contribution in [0, 0.1) is 6.92 Å². The summed E-state index contributed by atoms with van der Waals surface area (Å²) in [6.45, 7) is 4.77. The number of nitrogens with one attached hydrogen (secondary N) is 2. The van der Waals surface area contributed by atoms with E-state index in [1.165, 1.54) is 34.5 Å². The highest BCUT2D eigenvalue weighted by atomic mass is 19.4. The van der Waals surface area contributed by atoms with Crippen molar-refractivity contribution < 1.29 is 18.0 Å². The maximum atomic E-state index is 13.6. The molecule has 2 aliphatic heterocycles. The quantitative estimate of drug-likeness (QED) is 0.597. The van der Waals surface area contributed by atoms with Crippen LogP contribution in [0.2, 0.25) is 0 Å². The zero-order valence-corrected chi connectivity index (χ0v) is 18.6. The van der Waals surface area contributed by atoms with Gasteiger partial charge in [-0.3, -0.25) is 4.90 Å². The van der Waals surface area contributed by atoms with Crippen molar-refractivity contribution in [1.82, 2.24) is 19.7 Å². The Labute approximate surface area is 193 Å². The van der Waals surface area contributed by atoms with Gasteiger partial charge in [-0.05, 0) is 38.3 Å². The van der Waals surface area contributed by atoms with Gasteiger partial charge in [0.05, 0.1) is 11.4 Å². The van der Waals surface area contributed by atoms with Crippen molar-refractivity contribution >= 4 is 28.9 Å². The molecule has 3 aromatic rings.